The normalized spacial score (nSPS) is 16.3. The lowest BCUT2D eigenvalue weighted by Crippen LogP contribution is -2.70. The smallest absolute Gasteiger partial charge is 0.352 e. The molecule has 282 valence electrons. The second-order valence-electron chi connectivity index (χ2n) is 13.6. The number of aliphatic carboxylic acids is 1. The summed E-state index contributed by atoms with van der Waals surface area (Å²) in [7, 11) is 1.63. The lowest BCUT2D eigenvalue weighted by Gasteiger charge is -2.49. The van der Waals surface area contributed by atoms with E-state index in [1.165, 1.54) is 28.8 Å². The lowest BCUT2D eigenvalue weighted by atomic mass is 9.91. The van der Waals surface area contributed by atoms with Crippen LogP contribution in [0.15, 0.2) is 130 Å². The van der Waals surface area contributed by atoms with E-state index in [9.17, 15) is 24.3 Å². The van der Waals surface area contributed by atoms with Gasteiger partial charge in [-0.1, -0.05) is 48.5 Å². The van der Waals surface area contributed by atoms with Gasteiger partial charge in [-0.2, -0.15) is 0 Å². The van der Waals surface area contributed by atoms with Gasteiger partial charge in [0.2, 0.25) is 5.91 Å². The van der Waals surface area contributed by atoms with E-state index in [2.05, 4.69) is 5.32 Å². The Bertz CT molecular complexity index is 2550. The van der Waals surface area contributed by atoms with Crippen LogP contribution >= 0.6 is 11.8 Å². The van der Waals surface area contributed by atoms with E-state index in [0.717, 1.165) is 44.5 Å². The van der Waals surface area contributed by atoms with Crippen molar-refractivity contribution in [1.29, 1.82) is 0 Å². The zero-order valence-electron chi connectivity index (χ0n) is 30.4. The highest BCUT2D eigenvalue weighted by molar-refractivity contribution is 8.00. The van der Waals surface area contributed by atoms with Crippen LogP contribution in [0.25, 0.3) is 33.4 Å². The number of amides is 2. The van der Waals surface area contributed by atoms with Crippen molar-refractivity contribution in [2.24, 2.45) is 0 Å². The number of fused-ring (bicyclic) bond motifs is 3. The molecule has 0 unspecified atom stereocenters. The fourth-order valence-corrected chi connectivity index (χ4v) is 8.42. The van der Waals surface area contributed by atoms with Crippen LogP contribution in [-0.4, -0.2) is 58.7 Å². The molecule has 2 N–H and O–H groups in total. The first-order valence-corrected chi connectivity index (χ1v) is 18.9. The number of β-lactam (4-membered cyclic amide) rings is 1. The van der Waals surface area contributed by atoms with Crippen molar-refractivity contribution < 1.29 is 38.1 Å². The van der Waals surface area contributed by atoms with Crippen LogP contribution in [-0.2, 0) is 27.4 Å². The molecular weight excluding hydrogens is 733 g/mol. The maximum atomic E-state index is 13.1. The van der Waals surface area contributed by atoms with E-state index >= 15 is 0 Å². The quantitative estimate of drug-likeness (QED) is 0.101. The monoisotopic (exact) mass is 768 g/mol. The highest BCUT2D eigenvalue weighted by atomic mass is 32.2. The molecule has 1 fully saturated rings. The molecule has 0 saturated carbocycles. The van der Waals surface area contributed by atoms with Gasteiger partial charge in [0.1, 0.15) is 58.9 Å². The SMILES string of the molecule is COc1ccc(-c2c3ccc(=O)cc-3oc3cc(OCc4ccc(OCC5=C(C(=O)O)N6C(=O)[C@@H](NC(=O)Cc7ccccc7)[C@H]6SC5)cc4)ccc23)c(C)c1. The number of hydrogen-bond acceptors (Lipinski definition) is 9. The van der Waals surface area contributed by atoms with Gasteiger partial charge in [0.15, 0.2) is 5.43 Å². The number of rotatable bonds is 12. The number of nitrogens with one attached hydrogen (secondary N) is 1. The van der Waals surface area contributed by atoms with Crippen LogP contribution in [0.4, 0.5) is 0 Å². The van der Waals surface area contributed by atoms with Crippen LogP contribution in [0, 0.1) is 6.92 Å². The lowest BCUT2D eigenvalue weighted by molar-refractivity contribution is -0.150. The van der Waals surface area contributed by atoms with Crippen molar-refractivity contribution in [3.63, 3.8) is 0 Å². The summed E-state index contributed by atoms with van der Waals surface area (Å²) in [5, 5.41) is 13.2. The summed E-state index contributed by atoms with van der Waals surface area (Å²) in [5.74, 6) is 0.692. The Kier molecular flexibility index (Phi) is 9.96. The maximum Gasteiger partial charge on any atom is 0.352 e. The molecule has 2 atom stereocenters. The molecule has 0 aromatic heterocycles. The Balaban J connectivity index is 0.925. The molecule has 0 spiro atoms. The average Bonchev–Trinajstić information content (AvgIpc) is 3.20. The highest BCUT2D eigenvalue weighted by Gasteiger charge is 2.54. The predicted octanol–water partition coefficient (Wildman–Crippen LogP) is 6.82. The molecule has 4 aliphatic rings. The molecule has 11 nitrogen and oxygen atoms in total. The van der Waals surface area contributed by atoms with Gasteiger partial charge in [0.05, 0.1) is 13.5 Å². The zero-order valence-corrected chi connectivity index (χ0v) is 31.3. The van der Waals surface area contributed by atoms with Gasteiger partial charge in [0.25, 0.3) is 5.91 Å². The Labute approximate surface area is 325 Å². The number of nitrogens with zero attached hydrogens (tertiary/aromatic N) is 1. The first-order chi connectivity index (χ1) is 27.2. The summed E-state index contributed by atoms with van der Waals surface area (Å²) in [6, 6.07) is 32.1. The molecule has 3 heterocycles. The third kappa shape index (κ3) is 7.18. The summed E-state index contributed by atoms with van der Waals surface area (Å²) in [5.41, 5.74) is 6.27. The Morgan fingerprint density at radius 3 is 2.32 bits per heavy atom. The molecule has 2 amide bonds. The van der Waals surface area contributed by atoms with Crippen LogP contribution in [0.3, 0.4) is 0 Å². The summed E-state index contributed by atoms with van der Waals surface area (Å²) < 4.78 is 23.8. The van der Waals surface area contributed by atoms with Crippen LogP contribution < -0.4 is 25.0 Å². The number of methoxy groups -OCH3 is 1. The van der Waals surface area contributed by atoms with Gasteiger partial charge < -0.3 is 29.1 Å². The molecule has 0 radical (unpaired) electrons. The van der Waals surface area contributed by atoms with Gasteiger partial charge in [-0.05, 0) is 77.7 Å². The number of carbonyl (C=O) groups excluding carboxylic acids is 2. The number of carboxylic acid groups (broad SMARTS) is 1. The van der Waals surface area contributed by atoms with Crippen molar-refractivity contribution in [3.8, 4) is 39.7 Å². The molecule has 56 heavy (non-hydrogen) atoms. The van der Waals surface area contributed by atoms with Gasteiger partial charge >= 0.3 is 5.97 Å². The van der Waals surface area contributed by atoms with E-state index in [-0.39, 0.29) is 36.7 Å². The third-order valence-corrected chi connectivity index (χ3v) is 11.2. The van der Waals surface area contributed by atoms with Crippen molar-refractivity contribution >= 4 is 40.5 Å². The minimum Gasteiger partial charge on any atom is -0.497 e. The second-order valence-corrected chi connectivity index (χ2v) is 14.7. The van der Waals surface area contributed by atoms with E-state index in [1.54, 1.807) is 25.3 Å². The van der Waals surface area contributed by atoms with Gasteiger partial charge in [-0.25, -0.2) is 4.79 Å². The van der Waals surface area contributed by atoms with E-state index in [4.69, 9.17) is 18.6 Å². The van der Waals surface area contributed by atoms with Crippen LogP contribution in [0.2, 0.25) is 0 Å². The average molecular weight is 769 g/mol. The molecule has 8 rings (SSSR count). The molecule has 0 bridgehead atoms. The van der Waals surface area contributed by atoms with Gasteiger partial charge in [-0.15, -0.1) is 11.8 Å². The van der Waals surface area contributed by atoms with Gasteiger partial charge in [-0.3, -0.25) is 19.3 Å². The summed E-state index contributed by atoms with van der Waals surface area (Å²) in [4.78, 5) is 51.6. The van der Waals surface area contributed by atoms with Gasteiger partial charge in [0, 0.05) is 40.0 Å². The van der Waals surface area contributed by atoms with Crippen LogP contribution in [0.5, 0.6) is 17.2 Å². The van der Waals surface area contributed by atoms with E-state index in [0.29, 0.717) is 34.2 Å². The number of hydrogen-bond donors (Lipinski definition) is 2. The number of carboxylic acids is 1. The van der Waals surface area contributed by atoms with E-state index in [1.807, 2.05) is 85.8 Å². The summed E-state index contributed by atoms with van der Waals surface area (Å²) in [6.45, 7) is 2.25. The second kappa shape index (κ2) is 15.3. The zero-order chi connectivity index (χ0) is 38.9. The largest absolute Gasteiger partial charge is 0.497 e. The molecule has 1 saturated heterocycles. The fourth-order valence-electron chi connectivity index (χ4n) is 7.09. The molecule has 4 aromatic carbocycles. The summed E-state index contributed by atoms with van der Waals surface area (Å²) >= 11 is 1.39. The predicted molar refractivity (Wildman–Crippen MR) is 212 cm³/mol. The summed E-state index contributed by atoms with van der Waals surface area (Å²) in [6.07, 6.45) is 0.127. The van der Waals surface area contributed by atoms with Crippen LogP contribution in [0.1, 0.15) is 16.7 Å². The van der Waals surface area contributed by atoms with E-state index < -0.39 is 23.3 Å². The number of aryl methyl sites for hydroxylation is 1. The number of thioether (sulfide) groups is 1. The van der Waals surface area contributed by atoms with Crippen molar-refractivity contribution in [1.82, 2.24) is 10.2 Å². The Morgan fingerprint density at radius 2 is 1.57 bits per heavy atom. The first kappa shape index (κ1) is 36.4. The molecular formula is C44H36N2O9S. The standard InChI is InChI=1S/C44H36N2O9S/c1-25-18-31(52-2)13-16-33(25)39-34-15-10-29(47)20-36(34)55-37-21-32(14-17-35(37)39)53-22-27-8-11-30(12-9-27)54-23-28-24-56-43-40(42(49)46(43)41(28)44(50)51)45-38(48)19-26-6-4-3-5-7-26/h3-18,20-21,40,43H,19,22-24H2,1-2H3,(H,45,48)(H,50,51)/t40-,43-/m1/s1. The Hall–Kier alpha value is -6.53. The molecule has 12 heteroatoms. The number of benzene rings is 5. The molecule has 1 aliphatic carbocycles. The van der Waals surface area contributed by atoms with Crippen molar-refractivity contribution in [2.45, 2.75) is 31.4 Å². The third-order valence-electron chi connectivity index (χ3n) is 9.88. The minimum atomic E-state index is -1.22. The van der Waals surface area contributed by atoms with Crippen molar-refractivity contribution in [2.75, 3.05) is 19.5 Å². The Morgan fingerprint density at radius 1 is 0.839 bits per heavy atom. The minimum absolute atomic E-state index is 0.0207. The number of ether oxygens (including phenoxy) is 3. The number of carbonyl (C=O) groups is 3. The molecule has 3 aliphatic heterocycles. The maximum absolute atomic E-state index is 13.1. The topological polar surface area (TPSA) is 145 Å². The van der Waals surface area contributed by atoms with Crippen molar-refractivity contribution in [3.05, 3.63) is 147 Å². The highest BCUT2D eigenvalue weighted by Crippen LogP contribution is 2.43. The fraction of sp³-hybridized carbons (Fsp3) is 0.182. The molecule has 4 aromatic rings. The first-order valence-electron chi connectivity index (χ1n) is 17.9.